The van der Waals surface area contributed by atoms with E-state index in [0.717, 1.165) is 4.90 Å². The molecule has 11 heteroatoms. The molecule has 0 fully saturated rings. The first kappa shape index (κ1) is 27.1. The summed E-state index contributed by atoms with van der Waals surface area (Å²) in [6.07, 6.45) is 0. The van der Waals surface area contributed by atoms with Crippen LogP contribution in [-0.4, -0.2) is 43.4 Å². The molecule has 4 rings (SSSR count). The first-order valence-corrected chi connectivity index (χ1v) is 12.0. The number of halogens is 1. The van der Waals surface area contributed by atoms with E-state index in [1.165, 1.54) is 55.6 Å². The summed E-state index contributed by atoms with van der Waals surface area (Å²) in [5.74, 6) is -2.92. The van der Waals surface area contributed by atoms with Gasteiger partial charge in [-0.2, -0.15) is 0 Å². The number of nitrogens with zero attached hydrogens (tertiary/aromatic N) is 1. The molecule has 198 valence electrons. The van der Waals surface area contributed by atoms with Crippen molar-refractivity contribution in [3.05, 3.63) is 100 Å². The molecule has 0 saturated carbocycles. The van der Waals surface area contributed by atoms with Crippen LogP contribution in [0.1, 0.15) is 38.0 Å². The minimum atomic E-state index is -0.751. The van der Waals surface area contributed by atoms with Gasteiger partial charge < -0.3 is 20.1 Å². The highest BCUT2D eigenvalue weighted by atomic mass is 35.5. The molecule has 39 heavy (non-hydrogen) atoms. The first-order valence-electron chi connectivity index (χ1n) is 11.7. The number of anilines is 3. The zero-order valence-corrected chi connectivity index (χ0v) is 21.6. The van der Waals surface area contributed by atoms with E-state index >= 15 is 0 Å². The fourth-order valence-corrected chi connectivity index (χ4v) is 3.90. The molecule has 0 radical (unpaired) electrons. The van der Waals surface area contributed by atoms with Crippen LogP contribution < -0.4 is 15.5 Å². The van der Waals surface area contributed by atoms with Crippen molar-refractivity contribution in [2.24, 2.45) is 0 Å². The molecule has 0 aromatic heterocycles. The van der Waals surface area contributed by atoms with Gasteiger partial charge >= 0.3 is 11.9 Å². The maximum Gasteiger partial charge on any atom is 0.338 e. The topological polar surface area (TPSA) is 131 Å². The van der Waals surface area contributed by atoms with Gasteiger partial charge in [-0.25, -0.2) is 14.5 Å². The number of hydrogen-bond acceptors (Lipinski definition) is 8. The molecule has 2 N–H and O–H groups in total. The lowest BCUT2D eigenvalue weighted by molar-refractivity contribution is -0.120. The molecular weight excluding hydrogens is 526 g/mol. The Balaban J connectivity index is 1.44. The number of benzene rings is 3. The largest absolute Gasteiger partial charge is 0.465 e. The van der Waals surface area contributed by atoms with Crippen LogP contribution in [0.15, 0.2) is 83.5 Å². The second kappa shape index (κ2) is 11.6. The van der Waals surface area contributed by atoms with Crippen molar-refractivity contribution in [2.75, 3.05) is 29.3 Å². The van der Waals surface area contributed by atoms with Crippen LogP contribution in [0, 0.1) is 0 Å². The van der Waals surface area contributed by atoms with Crippen LogP contribution in [0.2, 0.25) is 0 Å². The Bertz CT molecular complexity index is 1500. The maximum atomic E-state index is 13.1. The molecule has 1 heterocycles. The molecule has 3 amide bonds. The summed E-state index contributed by atoms with van der Waals surface area (Å²) in [7, 11) is 1.28. The molecule has 10 nitrogen and oxygen atoms in total. The number of hydrogen-bond donors (Lipinski definition) is 2. The Morgan fingerprint density at radius 1 is 0.821 bits per heavy atom. The predicted octanol–water partition coefficient (Wildman–Crippen LogP) is 4.34. The van der Waals surface area contributed by atoms with Crippen molar-refractivity contribution in [3.8, 4) is 0 Å². The molecule has 0 unspecified atom stereocenters. The number of methoxy groups -OCH3 is 1. The normalized spacial score (nSPS) is 12.8. The summed E-state index contributed by atoms with van der Waals surface area (Å²) >= 11 is 6.20. The highest BCUT2D eigenvalue weighted by Crippen LogP contribution is 2.31. The standard InChI is InChI=1S/C28H22ClN3O7/c1-3-39-28(37)18-5-4-6-21(15-18)32-25(34)22(29)23(26(32)35)30-19-11-7-16(8-12-19)24(33)31-20-13-9-17(10-14-20)27(36)38-2/h4-15,30H,3H2,1-2H3,(H,31,33). The van der Waals surface area contributed by atoms with Gasteiger partial charge in [0.15, 0.2) is 0 Å². The van der Waals surface area contributed by atoms with Gasteiger partial charge in [0.2, 0.25) is 0 Å². The van der Waals surface area contributed by atoms with Crippen LogP contribution in [0.3, 0.4) is 0 Å². The van der Waals surface area contributed by atoms with Gasteiger partial charge in [-0.1, -0.05) is 17.7 Å². The summed E-state index contributed by atoms with van der Waals surface area (Å²) in [4.78, 5) is 63.0. The van der Waals surface area contributed by atoms with Crippen molar-refractivity contribution in [1.29, 1.82) is 0 Å². The molecular formula is C28H22ClN3O7. The number of esters is 2. The van der Waals surface area contributed by atoms with Crippen molar-refractivity contribution in [3.63, 3.8) is 0 Å². The molecule has 1 aliphatic rings. The highest BCUT2D eigenvalue weighted by Gasteiger charge is 2.39. The van der Waals surface area contributed by atoms with Gasteiger partial charge in [-0.15, -0.1) is 0 Å². The third kappa shape index (κ3) is 5.81. The third-order valence-electron chi connectivity index (χ3n) is 5.62. The fourth-order valence-electron chi connectivity index (χ4n) is 3.69. The monoisotopic (exact) mass is 547 g/mol. The average molecular weight is 548 g/mol. The van der Waals surface area contributed by atoms with Gasteiger partial charge in [0.25, 0.3) is 17.7 Å². The number of carbonyl (C=O) groups excluding carboxylic acids is 5. The van der Waals surface area contributed by atoms with Crippen molar-refractivity contribution < 1.29 is 33.4 Å². The number of carbonyl (C=O) groups is 5. The zero-order chi connectivity index (χ0) is 28.1. The Labute approximate surface area is 228 Å². The molecule has 0 spiro atoms. The van der Waals surface area contributed by atoms with E-state index in [0.29, 0.717) is 22.5 Å². The summed E-state index contributed by atoms with van der Waals surface area (Å²) < 4.78 is 9.63. The van der Waals surface area contributed by atoms with Crippen molar-refractivity contribution in [1.82, 2.24) is 0 Å². The van der Waals surface area contributed by atoms with Gasteiger partial charge in [0.05, 0.1) is 30.5 Å². The van der Waals surface area contributed by atoms with E-state index in [1.807, 2.05) is 0 Å². The summed E-state index contributed by atoms with van der Waals surface area (Å²) in [5.41, 5.74) is 1.76. The van der Waals surface area contributed by atoms with Crippen molar-refractivity contribution in [2.45, 2.75) is 6.92 Å². The summed E-state index contributed by atoms with van der Waals surface area (Å²) in [5, 5.41) is 5.23. The SMILES string of the molecule is CCOC(=O)c1cccc(N2C(=O)C(Cl)=C(Nc3ccc(C(=O)Nc4ccc(C(=O)OC)cc4)cc3)C2=O)c1. The number of rotatable bonds is 8. The van der Waals surface area contributed by atoms with Gasteiger partial charge in [-0.05, 0) is 73.7 Å². The third-order valence-corrected chi connectivity index (χ3v) is 5.97. The lowest BCUT2D eigenvalue weighted by Gasteiger charge is -2.16. The molecule has 0 bridgehead atoms. The molecule has 0 aliphatic carbocycles. The van der Waals surface area contributed by atoms with Gasteiger partial charge in [-0.3, -0.25) is 14.4 Å². The Kier molecular flexibility index (Phi) is 8.07. The minimum absolute atomic E-state index is 0.147. The Morgan fingerprint density at radius 2 is 1.46 bits per heavy atom. The summed E-state index contributed by atoms with van der Waals surface area (Å²) in [6, 6.07) is 18.3. The predicted molar refractivity (Wildman–Crippen MR) is 144 cm³/mol. The second-order valence-corrected chi connectivity index (χ2v) is 8.51. The Morgan fingerprint density at radius 3 is 2.10 bits per heavy atom. The fraction of sp³-hybridized carbons (Fsp3) is 0.107. The van der Waals surface area contributed by atoms with Crippen molar-refractivity contribution >= 4 is 58.3 Å². The first-order chi connectivity index (χ1) is 18.7. The average Bonchev–Trinajstić information content (AvgIpc) is 3.16. The van der Waals surface area contributed by atoms with E-state index in [4.69, 9.17) is 16.3 Å². The Hall–Kier alpha value is -4.96. The van der Waals surface area contributed by atoms with Crippen LogP contribution in [0.5, 0.6) is 0 Å². The van der Waals surface area contributed by atoms with E-state index < -0.39 is 29.7 Å². The van der Waals surface area contributed by atoms with Gasteiger partial charge in [0.1, 0.15) is 10.7 Å². The van der Waals surface area contributed by atoms with E-state index in [2.05, 4.69) is 15.4 Å². The lowest BCUT2D eigenvalue weighted by Crippen LogP contribution is -2.32. The molecule has 3 aromatic carbocycles. The maximum absolute atomic E-state index is 13.1. The minimum Gasteiger partial charge on any atom is -0.465 e. The van der Waals surface area contributed by atoms with Crippen LogP contribution in [0.4, 0.5) is 17.1 Å². The van der Waals surface area contributed by atoms with Crippen LogP contribution in [-0.2, 0) is 19.1 Å². The van der Waals surface area contributed by atoms with E-state index in [1.54, 1.807) is 31.2 Å². The zero-order valence-electron chi connectivity index (χ0n) is 20.8. The second-order valence-electron chi connectivity index (χ2n) is 8.13. The number of ether oxygens (including phenoxy) is 2. The molecule has 1 aliphatic heterocycles. The molecule has 3 aromatic rings. The van der Waals surface area contributed by atoms with Crippen LogP contribution >= 0.6 is 11.6 Å². The quantitative estimate of drug-likeness (QED) is 0.314. The highest BCUT2D eigenvalue weighted by molar-refractivity contribution is 6.53. The lowest BCUT2D eigenvalue weighted by atomic mass is 10.1. The molecule has 0 atom stereocenters. The number of amides is 3. The van der Waals surface area contributed by atoms with Gasteiger partial charge in [0, 0.05) is 16.9 Å². The summed E-state index contributed by atoms with van der Waals surface area (Å²) in [6.45, 7) is 1.85. The number of imide groups is 1. The van der Waals surface area contributed by atoms with E-state index in [-0.39, 0.29) is 28.6 Å². The molecule has 0 saturated heterocycles. The smallest absolute Gasteiger partial charge is 0.338 e. The number of nitrogens with one attached hydrogen (secondary N) is 2. The van der Waals surface area contributed by atoms with Crippen LogP contribution in [0.25, 0.3) is 0 Å². The van der Waals surface area contributed by atoms with E-state index in [9.17, 15) is 24.0 Å².